The van der Waals surface area contributed by atoms with Gasteiger partial charge in [-0.05, 0) is 74.2 Å². The molecule has 2 heterocycles. The minimum absolute atomic E-state index is 0.215. The number of hydrogen-bond acceptors (Lipinski definition) is 2. The highest BCUT2D eigenvalue weighted by atomic mass is 35.5. The number of halogens is 4. The third-order valence-corrected chi connectivity index (χ3v) is 5.98. The van der Waals surface area contributed by atoms with E-state index in [4.69, 9.17) is 11.6 Å². The summed E-state index contributed by atoms with van der Waals surface area (Å²) in [5, 5.41) is 4.34. The molecule has 4 nitrogen and oxygen atoms in total. The molecular weight excluding hydrogens is 427 g/mol. The Morgan fingerprint density at radius 3 is 2.52 bits per heavy atom. The van der Waals surface area contributed by atoms with E-state index in [1.54, 1.807) is 30.5 Å². The van der Waals surface area contributed by atoms with Gasteiger partial charge in [-0.3, -0.25) is 9.69 Å². The van der Waals surface area contributed by atoms with E-state index < -0.39 is 12.7 Å². The highest BCUT2D eigenvalue weighted by Crippen LogP contribution is 2.27. The number of rotatable bonds is 5. The number of anilines is 1. The zero-order chi connectivity index (χ0) is 22.0. The molecule has 1 aliphatic heterocycles. The highest BCUT2D eigenvalue weighted by molar-refractivity contribution is 6.31. The first-order valence-electron chi connectivity index (χ1n) is 10.2. The van der Waals surface area contributed by atoms with Gasteiger partial charge in [-0.15, -0.1) is 0 Å². The number of benzene rings is 2. The minimum atomic E-state index is -4.14. The maximum atomic E-state index is 12.6. The molecule has 1 fully saturated rings. The van der Waals surface area contributed by atoms with Gasteiger partial charge in [0.05, 0.1) is 12.2 Å². The molecule has 0 spiro atoms. The van der Waals surface area contributed by atoms with Crippen molar-refractivity contribution < 1.29 is 18.0 Å². The summed E-state index contributed by atoms with van der Waals surface area (Å²) in [7, 11) is 0. The summed E-state index contributed by atoms with van der Waals surface area (Å²) in [5.41, 5.74) is 3.18. The van der Waals surface area contributed by atoms with Gasteiger partial charge in [0.2, 0.25) is 0 Å². The van der Waals surface area contributed by atoms with E-state index in [1.807, 2.05) is 18.2 Å². The molecule has 3 aromatic rings. The van der Waals surface area contributed by atoms with Crippen LogP contribution in [0.1, 0.15) is 28.8 Å². The number of alkyl halides is 3. The van der Waals surface area contributed by atoms with Crippen LogP contribution < -0.4 is 5.32 Å². The molecule has 0 bridgehead atoms. The van der Waals surface area contributed by atoms with E-state index in [0.717, 1.165) is 35.7 Å². The molecule has 1 amide bonds. The fourth-order valence-electron chi connectivity index (χ4n) is 4.12. The van der Waals surface area contributed by atoms with Crippen molar-refractivity contribution in [1.82, 2.24) is 9.88 Å². The Kier molecular flexibility index (Phi) is 6.25. The van der Waals surface area contributed by atoms with Crippen molar-refractivity contribution in [1.29, 1.82) is 0 Å². The summed E-state index contributed by atoms with van der Waals surface area (Å²) in [5.74, 6) is 0.146. The van der Waals surface area contributed by atoms with Crippen molar-refractivity contribution in [3.05, 3.63) is 64.8 Å². The SMILES string of the molecule is O=C(Nc1c[nH]c2ccc(Cl)cc12)c1ccc(CC2CCN(CC(F)(F)F)CC2)cc1. The van der Waals surface area contributed by atoms with Crippen molar-refractivity contribution in [2.45, 2.75) is 25.4 Å². The monoisotopic (exact) mass is 449 g/mol. The van der Waals surface area contributed by atoms with Crippen LogP contribution in [-0.4, -0.2) is 41.6 Å². The number of nitrogens with zero attached hydrogens (tertiary/aromatic N) is 1. The van der Waals surface area contributed by atoms with Crippen molar-refractivity contribution in [2.24, 2.45) is 5.92 Å². The summed E-state index contributed by atoms with van der Waals surface area (Å²) >= 11 is 6.06. The Balaban J connectivity index is 1.33. The average molecular weight is 450 g/mol. The molecule has 8 heteroatoms. The van der Waals surface area contributed by atoms with Crippen molar-refractivity contribution in [2.75, 3.05) is 25.0 Å². The Morgan fingerprint density at radius 1 is 1.13 bits per heavy atom. The second-order valence-electron chi connectivity index (χ2n) is 8.08. The van der Waals surface area contributed by atoms with Crippen LogP contribution in [0, 0.1) is 5.92 Å². The van der Waals surface area contributed by atoms with Crippen molar-refractivity contribution in [3.63, 3.8) is 0 Å². The molecular formula is C23H23ClF3N3O. The number of aromatic amines is 1. The number of amides is 1. The van der Waals surface area contributed by atoms with Gasteiger partial charge in [-0.1, -0.05) is 23.7 Å². The van der Waals surface area contributed by atoms with Crippen LogP contribution in [0.4, 0.5) is 18.9 Å². The lowest BCUT2D eigenvalue weighted by molar-refractivity contribution is -0.148. The van der Waals surface area contributed by atoms with E-state index in [-0.39, 0.29) is 5.91 Å². The molecule has 1 saturated heterocycles. The molecule has 2 N–H and O–H groups in total. The second kappa shape index (κ2) is 8.93. The normalized spacial score (nSPS) is 16.0. The van der Waals surface area contributed by atoms with Crippen LogP contribution in [0.5, 0.6) is 0 Å². The number of piperidine rings is 1. The van der Waals surface area contributed by atoms with Crippen molar-refractivity contribution >= 4 is 34.1 Å². The minimum Gasteiger partial charge on any atom is -0.359 e. The lowest BCUT2D eigenvalue weighted by atomic mass is 9.90. The molecule has 1 aromatic heterocycles. The van der Waals surface area contributed by atoms with Crippen LogP contribution in [-0.2, 0) is 6.42 Å². The lowest BCUT2D eigenvalue weighted by Gasteiger charge is -2.32. The third kappa shape index (κ3) is 5.60. The molecule has 164 valence electrons. The van der Waals surface area contributed by atoms with E-state index >= 15 is 0 Å². The first-order chi connectivity index (χ1) is 14.8. The second-order valence-corrected chi connectivity index (χ2v) is 8.52. The molecule has 0 unspecified atom stereocenters. The van der Waals surface area contributed by atoms with Gasteiger partial charge < -0.3 is 10.3 Å². The average Bonchev–Trinajstić information content (AvgIpc) is 3.11. The van der Waals surface area contributed by atoms with Crippen molar-refractivity contribution in [3.8, 4) is 0 Å². The van der Waals surface area contributed by atoms with Crippen LogP contribution in [0.25, 0.3) is 10.9 Å². The predicted molar refractivity (Wildman–Crippen MR) is 117 cm³/mol. The quantitative estimate of drug-likeness (QED) is 0.510. The number of fused-ring (bicyclic) bond motifs is 1. The lowest BCUT2D eigenvalue weighted by Crippen LogP contribution is -2.40. The Labute approximate surface area is 183 Å². The molecule has 0 aliphatic carbocycles. The predicted octanol–water partition coefficient (Wildman–Crippen LogP) is 5.89. The number of nitrogens with one attached hydrogen (secondary N) is 2. The molecule has 0 atom stereocenters. The standard InChI is InChI=1S/C23H23ClF3N3O/c24-18-5-6-20-19(12-18)21(13-28-20)29-22(31)17-3-1-15(2-4-17)11-16-7-9-30(10-8-16)14-23(25,26)27/h1-6,12-13,16,28H,7-11,14H2,(H,29,31). The topological polar surface area (TPSA) is 48.1 Å². The van der Waals surface area contributed by atoms with Crippen LogP contribution in [0.3, 0.4) is 0 Å². The molecule has 2 aromatic carbocycles. The fraction of sp³-hybridized carbons (Fsp3) is 0.348. The van der Waals surface area contributed by atoms with E-state index in [9.17, 15) is 18.0 Å². The van der Waals surface area contributed by atoms with Gasteiger partial charge in [0.25, 0.3) is 5.91 Å². The molecule has 4 rings (SSSR count). The highest BCUT2D eigenvalue weighted by Gasteiger charge is 2.32. The summed E-state index contributed by atoms with van der Waals surface area (Å²) in [6.45, 7) is 0.116. The fourth-order valence-corrected chi connectivity index (χ4v) is 4.29. The molecule has 1 aliphatic rings. The third-order valence-electron chi connectivity index (χ3n) is 5.74. The number of carbonyl (C=O) groups excluding carboxylic acids is 1. The largest absolute Gasteiger partial charge is 0.401 e. The zero-order valence-electron chi connectivity index (χ0n) is 16.8. The van der Waals surface area contributed by atoms with E-state index in [2.05, 4.69) is 10.3 Å². The maximum Gasteiger partial charge on any atom is 0.401 e. The van der Waals surface area contributed by atoms with Gasteiger partial charge >= 0.3 is 6.18 Å². The molecule has 0 radical (unpaired) electrons. The molecule has 0 saturated carbocycles. The van der Waals surface area contributed by atoms with Crippen LogP contribution >= 0.6 is 11.6 Å². The van der Waals surface area contributed by atoms with E-state index in [0.29, 0.717) is 35.3 Å². The smallest absolute Gasteiger partial charge is 0.359 e. The van der Waals surface area contributed by atoms with Gasteiger partial charge in [0, 0.05) is 27.7 Å². The zero-order valence-corrected chi connectivity index (χ0v) is 17.6. The van der Waals surface area contributed by atoms with Crippen LogP contribution in [0.15, 0.2) is 48.7 Å². The first kappa shape index (κ1) is 21.7. The number of hydrogen-bond donors (Lipinski definition) is 2. The van der Waals surface area contributed by atoms with Gasteiger partial charge in [0.1, 0.15) is 0 Å². The van der Waals surface area contributed by atoms with Crippen LogP contribution in [0.2, 0.25) is 5.02 Å². The maximum absolute atomic E-state index is 12.6. The number of aromatic nitrogens is 1. The van der Waals surface area contributed by atoms with Gasteiger partial charge in [-0.2, -0.15) is 13.2 Å². The Bertz CT molecular complexity index is 1050. The summed E-state index contributed by atoms with van der Waals surface area (Å²) in [4.78, 5) is 17.2. The summed E-state index contributed by atoms with van der Waals surface area (Å²) in [6.07, 6.45) is -0.0911. The number of carbonyl (C=O) groups is 1. The Morgan fingerprint density at radius 2 is 1.84 bits per heavy atom. The van der Waals surface area contributed by atoms with E-state index in [1.165, 1.54) is 4.90 Å². The van der Waals surface area contributed by atoms with Gasteiger partial charge in [-0.25, -0.2) is 0 Å². The summed E-state index contributed by atoms with van der Waals surface area (Å²) in [6, 6.07) is 12.8. The number of H-pyrrole nitrogens is 1. The first-order valence-corrected chi connectivity index (χ1v) is 10.6. The van der Waals surface area contributed by atoms with Gasteiger partial charge in [0.15, 0.2) is 0 Å². The summed E-state index contributed by atoms with van der Waals surface area (Å²) < 4.78 is 37.6. The number of likely N-dealkylation sites (tertiary alicyclic amines) is 1. The Hall–Kier alpha value is -2.51. The molecule has 31 heavy (non-hydrogen) atoms.